The van der Waals surface area contributed by atoms with Crippen LogP contribution in [0.5, 0.6) is 0 Å². The minimum Gasteiger partial charge on any atom is -0.380 e. The number of hydrogen-bond acceptors (Lipinski definition) is 1. The fraction of sp³-hybridized carbons (Fsp3) is 0.250. The second kappa shape index (κ2) is 5.22. The third-order valence-corrected chi connectivity index (χ3v) is 3.93. The van der Waals surface area contributed by atoms with Gasteiger partial charge in [-0.2, -0.15) is 0 Å². The van der Waals surface area contributed by atoms with Crippen LogP contribution in [0, 0.1) is 5.82 Å². The average Bonchev–Trinajstić information content (AvgIpc) is 2.38. The summed E-state index contributed by atoms with van der Waals surface area (Å²) in [4.78, 5) is 0. The van der Waals surface area contributed by atoms with Gasteiger partial charge in [0.25, 0.3) is 0 Å². The summed E-state index contributed by atoms with van der Waals surface area (Å²) >= 11 is 5.88. The van der Waals surface area contributed by atoms with Crippen molar-refractivity contribution in [1.82, 2.24) is 0 Å². The van der Waals surface area contributed by atoms with Gasteiger partial charge in [-0.15, -0.1) is 0 Å². The van der Waals surface area contributed by atoms with Gasteiger partial charge in [-0.3, -0.25) is 0 Å². The smallest absolute Gasteiger partial charge is 0.146 e. The molecule has 1 aliphatic carbocycles. The molecule has 1 saturated carbocycles. The quantitative estimate of drug-likeness (QED) is 0.845. The van der Waals surface area contributed by atoms with Crippen molar-refractivity contribution >= 4 is 17.3 Å². The molecule has 0 spiro atoms. The van der Waals surface area contributed by atoms with E-state index in [4.69, 9.17) is 11.6 Å². The van der Waals surface area contributed by atoms with Gasteiger partial charge in [0.15, 0.2) is 0 Å². The number of hydrogen-bond donors (Lipinski definition) is 1. The van der Waals surface area contributed by atoms with Gasteiger partial charge in [-0.25, -0.2) is 4.39 Å². The number of nitrogens with one attached hydrogen (secondary N) is 1. The van der Waals surface area contributed by atoms with E-state index in [9.17, 15) is 4.39 Å². The Morgan fingerprint density at radius 3 is 2.53 bits per heavy atom. The molecule has 1 nitrogen and oxygen atoms in total. The van der Waals surface area contributed by atoms with Gasteiger partial charge in [0.2, 0.25) is 0 Å². The topological polar surface area (TPSA) is 12.0 Å². The zero-order valence-corrected chi connectivity index (χ0v) is 11.2. The lowest BCUT2D eigenvalue weighted by Crippen LogP contribution is -2.34. The summed E-state index contributed by atoms with van der Waals surface area (Å²) in [7, 11) is 0. The van der Waals surface area contributed by atoms with Crippen LogP contribution < -0.4 is 5.32 Å². The summed E-state index contributed by atoms with van der Waals surface area (Å²) < 4.78 is 13.6. The van der Waals surface area contributed by atoms with Gasteiger partial charge in [0, 0.05) is 11.1 Å². The first-order chi connectivity index (χ1) is 9.22. The van der Waals surface area contributed by atoms with Gasteiger partial charge in [0.05, 0.1) is 5.69 Å². The van der Waals surface area contributed by atoms with Crippen LogP contribution in [0.3, 0.4) is 0 Å². The van der Waals surface area contributed by atoms with Gasteiger partial charge in [-0.05, 0) is 42.5 Å². The Bertz CT molecular complexity index is 564. The van der Waals surface area contributed by atoms with Crippen LogP contribution in [-0.4, -0.2) is 6.04 Å². The maximum atomic E-state index is 13.6. The first kappa shape index (κ1) is 12.5. The third-order valence-electron chi connectivity index (χ3n) is 3.70. The van der Waals surface area contributed by atoms with Gasteiger partial charge >= 0.3 is 0 Å². The number of anilines is 1. The maximum Gasteiger partial charge on any atom is 0.146 e. The molecule has 0 amide bonds. The van der Waals surface area contributed by atoms with E-state index in [1.807, 2.05) is 6.07 Å². The molecule has 0 aliphatic heterocycles. The van der Waals surface area contributed by atoms with Crippen LogP contribution in [0.1, 0.15) is 24.3 Å². The Morgan fingerprint density at radius 1 is 1.05 bits per heavy atom. The molecule has 0 heterocycles. The van der Waals surface area contributed by atoms with Crippen molar-refractivity contribution in [2.45, 2.75) is 24.8 Å². The van der Waals surface area contributed by atoms with Gasteiger partial charge in [0.1, 0.15) is 5.82 Å². The van der Waals surface area contributed by atoms with Crippen molar-refractivity contribution in [2.24, 2.45) is 0 Å². The van der Waals surface area contributed by atoms with E-state index in [0.29, 0.717) is 22.7 Å². The Balaban J connectivity index is 1.61. The largest absolute Gasteiger partial charge is 0.380 e. The molecule has 0 unspecified atom stereocenters. The van der Waals surface area contributed by atoms with Crippen molar-refractivity contribution in [3.8, 4) is 0 Å². The summed E-state index contributed by atoms with van der Waals surface area (Å²) in [5.41, 5.74) is 1.87. The molecule has 0 atom stereocenters. The molecular weight excluding hydrogens is 261 g/mol. The van der Waals surface area contributed by atoms with Crippen LogP contribution in [0.2, 0.25) is 5.02 Å². The molecule has 0 saturated heterocycles. The first-order valence-corrected chi connectivity index (χ1v) is 6.86. The van der Waals surface area contributed by atoms with Gasteiger partial charge in [-0.1, -0.05) is 41.9 Å². The zero-order chi connectivity index (χ0) is 13.2. The van der Waals surface area contributed by atoms with E-state index in [0.717, 1.165) is 12.8 Å². The van der Waals surface area contributed by atoms with Crippen LogP contribution in [0.25, 0.3) is 0 Å². The number of halogens is 2. The van der Waals surface area contributed by atoms with Crippen LogP contribution in [0.4, 0.5) is 10.1 Å². The average molecular weight is 276 g/mol. The summed E-state index contributed by atoms with van der Waals surface area (Å²) in [5.74, 6) is 0.341. The first-order valence-electron chi connectivity index (χ1n) is 6.49. The normalized spacial score (nSPS) is 21.8. The fourth-order valence-electron chi connectivity index (χ4n) is 2.56. The lowest BCUT2D eigenvalue weighted by molar-refractivity contribution is 0.373. The molecule has 0 bridgehead atoms. The number of rotatable bonds is 3. The molecule has 19 heavy (non-hydrogen) atoms. The summed E-state index contributed by atoms with van der Waals surface area (Å²) in [6, 6.07) is 15.4. The highest BCUT2D eigenvalue weighted by Gasteiger charge is 2.30. The van der Waals surface area contributed by atoms with E-state index < -0.39 is 0 Å². The predicted molar refractivity (Wildman–Crippen MR) is 77.2 cm³/mol. The molecule has 3 heteroatoms. The van der Waals surface area contributed by atoms with Crippen molar-refractivity contribution < 1.29 is 4.39 Å². The highest BCUT2D eigenvalue weighted by atomic mass is 35.5. The zero-order valence-electron chi connectivity index (χ0n) is 10.4. The van der Waals surface area contributed by atoms with E-state index in [1.165, 1.54) is 11.6 Å². The number of benzene rings is 2. The monoisotopic (exact) mass is 275 g/mol. The Morgan fingerprint density at radius 2 is 1.79 bits per heavy atom. The second-order valence-corrected chi connectivity index (χ2v) is 5.48. The van der Waals surface area contributed by atoms with E-state index >= 15 is 0 Å². The molecule has 3 rings (SSSR count). The third kappa shape index (κ3) is 2.74. The molecule has 0 radical (unpaired) electrons. The fourth-order valence-corrected chi connectivity index (χ4v) is 2.73. The molecule has 0 aromatic heterocycles. The second-order valence-electron chi connectivity index (χ2n) is 5.04. The highest BCUT2D eigenvalue weighted by Crippen LogP contribution is 2.38. The van der Waals surface area contributed by atoms with Crippen molar-refractivity contribution in [3.63, 3.8) is 0 Å². The predicted octanol–water partition coefficient (Wildman–Crippen LogP) is 4.84. The summed E-state index contributed by atoms with van der Waals surface area (Å²) in [5, 5.41) is 3.79. The molecule has 98 valence electrons. The molecular formula is C16H15ClFN. The Kier molecular flexibility index (Phi) is 3.43. The molecule has 1 N–H and O–H groups in total. The SMILES string of the molecule is Fc1ccc(Cl)cc1NC1CC(c2ccccc2)C1. The van der Waals surface area contributed by atoms with Crippen LogP contribution >= 0.6 is 11.6 Å². The molecule has 1 aliphatic rings. The van der Waals surface area contributed by atoms with Crippen molar-refractivity contribution in [2.75, 3.05) is 5.32 Å². The van der Waals surface area contributed by atoms with Gasteiger partial charge < -0.3 is 5.32 Å². The lowest BCUT2D eigenvalue weighted by atomic mass is 9.76. The molecule has 2 aromatic rings. The van der Waals surface area contributed by atoms with Crippen molar-refractivity contribution in [1.29, 1.82) is 0 Å². The van der Waals surface area contributed by atoms with E-state index in [2.05, 4.69) is 29.6 Å². The summed E-state index contributed by atoms with van der Waals surface area (Å²) in [6.07, 6.45) is 2.08. The standard InChI is InChI=1S/C16H15ClFN/c17-13-6-7-15(18)16(10-13)19-14-8-12(9-14)11-4-2-1-3-5-11/h1-7,10,12,14,19H,8-9H2. The minimum absolute atomic E-state index is 0.243. The summed E-state index contributed by atoms with van der Waals surface area (Å²) in [6.45, 7) is 0. The highest BCUT2D eigenvalue weighted by molar-refractivity contribution is 6.30. The minimum atomic E-state index is -0.243. The van der Waals surface area contributed by atoms with Crippen LogP contribution in [0.15, 0.2) is 48.5 Å². The Labute approximate surface area is 117 Å². The van der Waals surface area contributed by atoms with Crippen molar-refractivity contribution in [3.05, 3.63) is 64.9 Å². The lowest BCUT2D eigenvalue weighted by Gasteiger charge is -2.37. The maximum absolute atomic E-state index is 13.6. The molecule has 1 fully saturated rings. The molecule has 2 aromatic carbocycles. The van der Waals surface area contributed by atoms with E-state index in [1.54, 1.807) is 12.1 Å². The Hall–Kier alpha value is -1.54. The van der Waals surface area contributed by atoms with E-state index in [-0.39, 0.29) is 5.82 Å². The van der Waals surface area contributed by atoms with Crippen LogP contribution in [-0.2, 0) is 0 Å².